The molecule has 0 spiro atoms. The zero-order valence-electron chi connectivity index (χ0n) is 9.65. The minimum atomic E-state index is 0.773. The third-order valence-corrected chi connectivity index (χ3v) is 2.54. The van der Waals surface area contributed by atoms with Crippen LogP contribution in [-0.4, -0.2) is 19.6 Å². The molecule has 0 radical (unpaired) electrons. The highest BCUT2D eigenvalue weighted by Gasteiger charge is 2.03. The van der Waals surface area contributed by atoms with Crippen molar-refractivity contribution in [1.29, 1.82) is 0 Å². The van der Waals surface area contributed by atoms with Gasteiger partial charge in [-0.25, -0.2) is 0 Å². The summed E-state index contributed by atoms with van der Waals surface area (Å²) in [6.45, 7) is 5.21. The minimum absolute atomic E-state index is 0.773. The van der Waals surface area contributed by atoms with Gasteiger partial charge in [0.1, 0.15) is 0 Å². The summed E-state index contributed by atoms with van der Waals surface area (Å²) in [5, 5.41) is 0. The van der Waals surface area contributed by atoms with Gasteiger partial charge < -0.3 is 10.6 Å². The Labute approximate surface area is 93.1 Å². The van der Waals surface area contributed by atoms with Crippen LogP contribution in [-0.2, 0) is 0 Å². The fourth-order valence-electron chi connectivity index (χ4n) is 1.64. The number of unbranched alkanes of at least 4 members (excludes halogenated alkanes) is 1. The maximum absolute atomic E-state index is 5.56. The van der Waals surface area contributed by atoms with Crippen molar-refractivity contribution >= 4 is 5.69 Å². The lowest BCUT2D eigenvalue weighted by molar-refractivity contribution is 0.689. The van der Waals surface area contributed by atoms with Gasteiger partial charge in [-0.3, -0.25) is 0 Å². The molecular formula is C13H22N2. The Kier molecular flexibility index (Phi) is 5.86. The molecule has 2 N–H and O–H groups in total. The molecular weight excluding hydrogens is 184 g/mol. The molecule has 0 amide bonds. The van der Waals surface area contributed by atoms with E-state index in [1.54, 1.807) is 0 Å². The highest BCUT2D eigenvalue weighted by atomic mass is 15.1. The van der Waals surface area contributed by atoms with Gasteiger partial charge in [0.25, 0.3) is 0 Å². The number of nitrogens with zero attached hydrogens (tertiary/aromatic N) is 1. The molecule has 0 bridgehead atoms. The van der Waals surface area contributed by atoms with Gasteiger partial charge in [0.05, 0.1) is 0 Å². The van der Waals surface area contributed by atoms with Crippen LogP contribution in [0.1, 0.15) is 26.2 Å². The molecule has 0 heterocycles. The molecule has 1 rings (SSSR count). The van der Waals surface area contributed by atoms with Crippen LogP contribution < -0.4 is 10.6 Å². The predicted octanol–water partition coefficient (Wildman–Crippen LogP) is 2.64. The molecule has 84 valence electrons. The van der Waals surface area contributed by atoms with E-state index in [0.29, 0.717) is 0 Å². The molecule has 0 aliphatic heterocycles. The Morgan fingerprint density at radius 3 is 2.33 bits per heavy atom. The first-order chi connectivity index (χ1) is 7.38. The summed E-state index contributed by atoms with van der Waals surface area (Å²) < 4.78 is 0. The summed E-state index contributed by atoms with van der Waals surface area (Å²) in [6.07, 6.45) is 3.56. The SMILES string of the molecule is CCCCN(CCCN)c1ccccc1. The molecule has 0 atom stereocenters. The van der Waals surface area contributed by atoms with Crippen LogP contribution in [0.4, 0.5) is 5.69 Å². The summed E-state index contributed by atoms with van der Waals surface area (Å²) >= 11 is 0. The summed E-state index contributed by atoms with van der Waals surface area (Å²) in [6, 6.07) is 10.6. The van der Waals surface area contributed by atoms with Crippen molar-refractivity contribution in [3.05, 3.63) is 30.3 Å². The average molecular weight is 206 g/mol. The largest absolute Gasteiger partial charge is 0.371 e. The van der Waals surface area contributed by atoms with Crippen LogP contribution in [0.15, 0.2) is 30.3 Å². The van der Waals surface area contributed by atoms with Gasteiger partial charge in [-0.15, -0.1) is 0 Å². The summed E-state index contributed by atoms with van der Waals surface area (Å²) in [4.78, 5) is 2.43. The van der Waals surface area contributed by atoms with Gasteiger partial charge >= 0.3 is 0 Å². The molecule has 0 unspecified atom stereocenters. The summed E-state index contributed by atoms with van der Waals surface area (Å²) in [5.41, 5.74) is 6.88. The number of para-hydroxylation sites is 1. The molecule has 0 saturated carbocycles. The van der Waals surface area contributed by atoms with Crippen LogP contribution in [0.3, 0.4) is 0 Å². The van der Waals surface area contributed by atoms with Crippen molar-refractivity contribution in [1.82, 2.24) is 0 Å². The molecule has 0 aliphatic rings. The first kappa shape index (κ1) is 12.1. The highest BCUT2D eigenvalue weighted by Crippen LogP contribution is 2.14. The van der Waals surface area contributed by atoms with E-state index in [4.69, 9.17) is 5.73 Å². The number of hydrogen-bond donors (Lipinski definition) is 1. The number of nitrogens with two attached hydrogens (primary N) is 1. The van der Waals surface area contributed by atoms with E-state index in [1.807, 2.05) is 0 Å². The van der Waals surface area contributed by atoms with Crippen LogP contribution in [0.2, 0.25) is 0 Å². The smallest absolute Gasteiger partial charge is 0.0366 e. The predicted molar refractivity (Wildman–Crippen MR) is 67.2 cm³/mol. The van der Waals surface area contributed by atoms with E-state index >= 15 is 0 Å². The Balaban J connectivity index is 2.55. The maximum Gasteiger partial charge on any atom is 0.0366 e. The van der Waals surface area contributed by atoms with Gasteiger partial charge in [0.2, 0.25) is 0 Å². The fraction of sp³-hybridized carbons (Fsp3) is 0.538. The van der Waals surface area contributed by atoms with E-state index in [0.717, 1.165) is 26.1 Å². The summed E-state index contributed by atoms with van der Waals surface area (Å²) in [5.74, 6) is 0. The zero-order chi connectivity index (χ0) is 10.9. The van der Waals surface area contributed by atoms with Crippen molar-refractivity contribution in [3.8, 4) is 0 Å². The van der Waals surface area contributed by atoms with Crippen LogP contribution in [0, 0.1) is 0 Å². The molecule has 15 heavy (non-hydrogen) atoms. The first-order valence-corrected chi connectivity index (χ1v) is 5.88. The van der Waals surface area contributed by atoms with Gasteiger partial charge in [0, 0.05) is 18.8 Å². The first-order valence-electron chi connectivity index (χ1n) is 5.88. The van der Waals surface area contributed by atoms with Crippen molar-refractivity contribution in [3.63, 3.8) is 0 Å². The number of anilines is 1. The normalized spacial score (nSPS) is 10.3. The Hall–Kier alpha value is -1.02. The molecule has 0 aromatic heterocycles. The molecule has 0 aliphatic carbocycles. The Morgan fingerprint density at radius 2 is 1.73 bits per heavy atom. The molecule has 0 fully saturated rings. The van der Waals surface area contributed by atoms with Crippen molar-refractivity contribution in [2.45, 2.75) is 26.2 Å². The Bertz CT molecular complexity index is 238. The van der Waals surface area contributed by atoms with E-state index in [2.05, 4.69) is 42.2 Å². The Morgan fingerprint density at radius 1 is 1.07 bits per heavy atom. The van der Waals surface area contributed by atoms with Crippen LogP contribution in [0.25, 0.3) is 0 Å². The number of benzene rings is 1. The fourth-order valence-corrected chi connectivity index (χ4v) is 1.64. The number of hydrogen-bond acceptors (Lipinski definition) is 2. The topological polar surface area (TPSA) is 29.3 Å². The second-order valence-electron chi connectivity index (χ2n) is 3.82. The van der Waals surface area contributed by atoms with E-state index in [-0.39, 0.29) is 0 Å². The standard InChI is InChI=1S/C13H22N2/c1-2-3-11-15(12-7-10-14)13-8-5-4-6-9-13/h4-6,8-9H,2-3,7,10-12,14H2,1H3. The second kappa shape index (κ2) is 7.30. The molecule has 1 aromatic rings. The van der Waals surface area contributed by atoms with Gasteiger partial charge in [-0.1, -0.05) is 31.5 Å². The third kappa shape index (κ3) is 4.34. The summed E-state index contributed by atoms with van der Waals surface area (Å²) in [7, 11) is 0. The van der Waals surface area contributed by atoms with Crippen molar-refractivity contribution in [2.24, 2.45) is 5.73 Å². The molecule has 0 saturated heterocycles. The average Bonchev–Trinajstić information content (AvgIpc) is 2.30. The van der Waals surface area contributed by atoms with Crippen molar-refractivity contribution in [2.75, 3.05) is 24.5 Å². The second-order valence-corrected chi connectivity index (χ2v) is 3.82. The lowest BCUT2D eigenvalue weighted by Crippen LogP contribution is -2.27. The quantitative estimate of drug-likeness (QED) is 0.743. The van der Waals surface area contributed by atoms with E-state index < -0.39 is 0 Å². The van der Waals surface area contributed by atoms with Gasteiger partial charge in [0.15, 0.2) is 0 Å². The lowest BCUT2D eigenvalue weighted by Gasteiger charge is -2.24. The molecule has 2 nitrogen and oxygen atoms in total. The molecule has 1 aromatic carbocycles. The lowest BCUT2D eigenvalue weighted by atomic mass is 10.2. The van der Waals surface area contributed by atoms with Crippen molar-refractivity contribution < 1.29 is 0 Å². The minimum Gasteiger partial charge on any atom is -0.371 e. The van der Waals surface area contributed by atoms with Crippen LogP contribution >= 0.6 is 0 Å². The maximum atomic E-state index is 5.56. The zero-order valence-corrected chi connectivity index (χ0v) is 9.65. The van der Waals surface area contributed by atoms with Crippen LogP contribution in [0.5, 0.6) is 0 Å². The number of rotatable bonds is 7. The van der Waals surface area contributed by atoms with E-state index in [9.17, 15) is 0 Å². The molecule has 2 heteroatoms. The van der Waals surface area contributed by atoms with Gasteiger partial charge in [-0.2, -0.15) is 0 Å². The monoisotopic (exact) mass is 206 g/mol. The highest BCUT2D eigenvalue weighted by molar-refractivity contribution is 5.45. The van der Waals surface area contributed by atoms with E-state index in [1.165, 1.54) is 18.5 Å². The third-order valence-electron chi connectivity index (χ3n) is 2.54. The van der Waals surface area contributed by atoms with Gasteiger partial charge in [-0.05, 0) is 31.5 Å².